The Morgan fingerprint density at radius 2 is 2.31 bits per heavy atom. The summed E-state index contributed by atoms with van der Waals surface area (Å²) >= 11 is 0. The van der Waals surface area contributed by atoms with Gasteiger partial charge in [0.1, 0.15) is 5.82 Å². The number of rotatable bonds is 3. The Bertz CT molecular complexity index is 299. The largest absolute Gasteiger partial charge is 0.352 e. The van der Waals surface area contributed by atoms with Gasteiger partial charge in [0, 0.05) is 13.0 Å². The zero-order chi connectivity index (χ0) is 9.68. The third-order valence-corrected chi connectivity index (χ3v) is 1.70. The van der Waals surface area contributed by atoms with Crippen LogP contribution in [0.2, 0.25) is 0 Å². The van der Waals surface area contributed by atoms with Crippen molar-refractivity contribution >= 4 is 5.91 Å². The van der Waals surface area contributed by atoms with Crippen molar-refractivity contribution in [2.45, 2.75) is 19.9 Å². The van der Waals surface area contributed by atoms with Gasteiger partial charge in [0.15, 0.2) is 0 Å². The van der Waals surface area contributed by atoms with Gasteiger partial charge in [-0.3, -0.25) is 4.79 Å². The fourth-order valence-electron chi connectivity index (χ4n) is 0.973. The van der Waals surface area contributed by atoms with Crippen molar-refractivity contribution in [3.8, 4) is 0 Å². The van der Waals surface area contributed by atoms with Gasteiger partial charge in [-0.25, -0.2) is 4.39 Å². The number of nitrogens with one attached hydrogen (secondary N) is 1. The fraction of sp³-hybridized carbons (Fsp3) is 0.300. The van der Waals surface area contributed by atoms with Gasteiger partial charge in [-0.15, -0.1) is 0 Å². The molecule has 0 saturated carbocycles. The van der Waals surface area contributed by atoms with Crippen LogP contribution < -0.4 is 5.32 Å². The standard InChI is InChI=1S/C10H12FNO/c1-2-10(13)12-7-8-4-3-5-9(11)6-8/h3-6H,2,7H2,1H3,(H,12,13). The summed E-state index contributed by atoms with van der Waals surface area (Å²) in [6, 6.07) is 6.20. The lowest BCUT2D eigenvalue weighted by molar-refractivity contribution is -0.120. The number of carbonyl (C=O) groups excluding carboxylic acids is 1. The van der Waals surface area contributed by atoms with Crippen molar-refractivity contribution in [2.24, 2.45) is 0 Å². The Kier molecular flexibility index (Phi) is 3.43. The van der Waals surface area contributed by atoms with Gasteiger partial charge < -0.3 is 5.32 Å². The molecule has 1 rings (SSSR count). The lowest BCUT2D eigenvalue weighted by Crippen LogP contribution is -2.21. The molecule has 0 atom stereocenters. The minimum absolute atomic E-state index is 0.0238. The Hall–Kier alpha value is -1.38. The van der Waals surface area contributed by atoms with E-state index >= 15 is 0 Å². The van der Waals surface area contributed by atoms with Crippen LogP contribution in [0.1, 0.15) is 18.9 Å². The first-order chi connectivity index (χ1) is 6.22. The average Bonchev–Trinajstić information content (AvgIpc) is 2.14. The zero-order valence-corrected chi connectivity index (χ0v) is 7.51. The van der Waals surface area contributed by atoms with Crippen molar-refractivity contribution < 1.29 is 9.18 Å². The molecule has 0 heterocycles. The maximum atomic E-state index is 12.7. The Morgan fingerprint density at radius 1 is 1.54 bits per heavy atom. The molecule has 0 unspecified atom stereocenters. The van der Waals surface area contributed by atoms with Crippen molar-refractivity contribution in [1.29, 1.82) is 0 Å². The highest BCUT2D eigenvalue weighted by Gasteiger charge is 1.97. The quantitative estimate of drug-likeness (QED) is 0.757. The summed E-state index contributed by atoms with van der Waals surface area (Å²) in [5, 5.41) is 2.67. The first kappa shape index (κ1) is 9.71. The molecule has 0 bridgehead atoms. The van der Waals surface area contributed by atoms with E-state index < -0.39 is 0 Å². The summed E-state index contributed by atoms with van der Waals surface area (Å²) in [7, 11) is 0. The maximum absolute atomic E-state index is 12.7. The molecular formula is C10H12FNO. The van der Waals surface area contributed by atoms with E-state index in [4.69, 9.17) is 0 Å². The van der Waals surface area contributed by atoms with Gasteiger partial charge in [0.25, 0.3) is 0 Å². The third-order valence-electron chi connectivity index (χ3n) is 1.70. The van der Waals surface area contributed by atoms with Crippen molar-refractivity contribution in [2.75, 3.05) is 0 Å². The number of carbonyl (C=O) groups is 1. The normalized spacial score (nSPS) is 9.69. The van der Waals surface area contributed by atoms with E-state index in [1.165, 1.54) is 12.1 Å². The predicted molar refractivity (Wildman–Crippen MR) is 48.5 cm³/mol. The van der Waals surface area contributed by atoms with Crippen LogP contribution in [0.3, 0.4) is 0 Å². The predicted octanol–water partition coefficient (Wildman–Crippen LogP) is 1.85. The molecule has 0 aliphatic heterocycles. The summed E-state index contributed by atoms with van der Waals surface area (Å²) in [4.78, 5) is 10.9. The van der Waals surface area contributed by atoms with Gasteiger partial charge in [0.2, 0.25) is 5.91 Å². The van der Waals surface area contributed by atoms with Crippen LogP contribution in [0, 0.1) is 5.82 Å². The van der Waals surface area contributed by atoms with Crippen LogP contribution in [-0.2, 0) is 11.3 Å². The molecule has 1 aromatic rings. The van der Waals surface area contributed by atoms with Gasteiger partial charge in [-0.2, -0.15) is 0 Å². The first-order valence-corrected chi connectivity index (χ1v) is 4.23. The Labute approximate surface area is 76.8 Å². The monoisotopic (exact) mass is 181 g/mol. The summed E-state index contributed by atoms with van der Waals surface area (Å²) < 4.78 is 12.7. The average molecular weight is 181 g/mol. The number of hydrogen-bond acceptors (Lipinski definition) is 1. The Morgan fingerprint density at radius 3 is 2.92 bits per heavy atom. The van der Waals surface area contributed by atoms with Crippen LogP contribution in [0.15, 0.2) is 24.3 Å². The van der Waals surface area contributed by atoms with E-state index in [9.17, 15) is 9.18 Å². The molecule has 0 fully saturated rings. The molecule has 0 radical (unpaired) electrons. The van der Waals surface area contributed by atoms with Crippen molar-refractivity contribution in [3.05, 3.63) is 35.6 Å². The van der Waals surface area contributed by atoms with Crippen LogP contribution in [0.4, 0.5) is 4.39 Å². The van der Waals surface area contributed by atoms with Gasteiger partial charge >= 0.3 is 0 Å². The molecule has 3 heteroatoms. The second-order valence-electron chi connectivity index (χ2n) is 2.76. The molecule has 1 aromatic carbocycles. The molecule has 1 amide bonds. The van der Waals surface area contributed by atoms with E-state index in [1.54, 1.807) is 19.1 Å². The topological polar surface area (TPSA) is 29.1 Å². The number of halogens is 1. The van der Waals surface area contributed by atoms with Crippen LogP contribution in [0.25, 0.3) is 0 Å². The number of amides is 1. The minimum atomic E-state index is -0.275. The molecule has 13 heavy (non-hydrogen) atoms. The van der Waals surface area contributed by atoms with Crippen LogP contribution >= 0.6 is 0 Å². The Balaban J connectivity index is 2.50. The van der Waals surface area contributed by atoms with E-state index in [0.29, 0.717) is 13.0 Å². The molecule has 1 N–H and O–H groups in total. The lowest BCUT2D eigenvalue weighted by Gasteiger charge is -2.02. The molecule has 0 aliphatic carbocycles. The maximum Gasteiger partial charge on any atom is 0.219 e. The fourth-order valence-corrected chi connectivity index (χ4v) is 0.973. The highest BCUT2D eigenvalue weighted by Crippen LogP contribution is 2.02. The molecular weight excluding hydrogens is 169 g/mol. The van der Waals surface area contributed by atoms with Gasteiger partial charge in [0.05, 0.1) is 0 Å². The van der Waals surface area contributed by atoms with E-state index in [2.05, 4.69) is 5.32 Å². The third kappa shape index (κ3) is 3.23. The summed E-state index contributed by atoms with van der Waals surface area (Å²) in [5.74, 6) is -0.299. The minimum Gasteiger partial charge on any atom is -0.352 e. The smallest absolute Gasteiger partial charge is 0.219 e. The van der Waals surface area contributed by atoms with Crippen molar-refractivity contribution in [3.63, 3.8) is 0 Å². The zero-order valence-electron chi connectivity index (χ0n) is 7.51. The van der Waals surface area contributed by atoms with E-state index in [1.807, 2.05) is 0 Å². The van der Waals surface area contributed by atoms with E-state index in [-0.39, 0.29) is 11.7 Å². The van der Waals surface area contributed by atoms with Crippen LogP contribution in [0.5, 0.6) is 0 Å². The van der Waals surface area contributed by atoms with Gasteiger partial charge in [-0.05, 0) is 17.7 Å². The van der Waals surface area contributed by atoms with E-state index in [0.717, 1.165) is 5.56 Å². The number of hydrogen-bond donors (Lipinski definition) is 1. The first-order valence-electron chi connectivity index (χ1n) is 4.23. The molecule has 0 aliphatic rings. The molecule has 0 spiro atoms. The van der Waals surface area contributed by atoms with Gasteiger partial charge in [-0.1, -0.05) is 19.1 Å². The number of benzene rings is 1. The highest BCUT2D eigenvalue weighted by atomic mass is 19.1. The van der Waals surface area contributed by atoms with Crippen molar-refractivity contribution in [1.82, 2.24) is 5.32 Å². The second kappa shape index (κ2) is 4.60. The SMILES string of the molecule is CCC(=O)NCc1cccc(F)c1. The molecule has 0 aromatic heterocycles. The summed E-state index contributed by atoms with van der Waals surface area (Å²) in [6.45, 7) is 2.17. The molecule has 2 nitrogen and oxygen atoms in total. The second-order valence-corrected chi connectivity index (χ2v) is 2.76. The van der Waals surface area contributed by atoms with Crippen LogP contribution in [-0.4, -0.2) is 5.91 Å². The lowest BCUT2D eigenvalue weighted by atomic mass is 10.2. The molecule has 70 valence electrons. The summed E-state index contributed by atoms with van der Waals surface area (Å²) in [6.07, 6.45) is 0.454. The summed E-state index contributed by atoms with van der Waals surface area (Å²) in [5.41, 5.74) is 0.779. The molecule has 0 saturated heterocycles. The highest BCUT2D eigenvalue weighted by molar-refractivity contribution is 5.75.